The zero-order chi connectivity index (χ0) is 20.1. The number of hydrogen-bond acceptors (Lipinski definition) is 3. The number of benzene rings is 2. The molecule has 3 heterocycles. The predicted molar refractivity (Wildman–Crippen MR) is 109 cm³/mol. The van der Waals surface area contributed by atoms with Gasteiger partial charge in [-0.1, -0.05) is 49.4 Å². The molecule has 5 atom stereocenters. The summed E-state index contributed by atoms with van der Waals surface area (Å²) in [5.41, 5.74) is 2.41. The fourth-order valence-electron chi connectivity index (χ4n) is 5.66. The molecule has 0 radical (unpaired) electrons. The molecule has 3 aliphatic rings. The zero-order valence-corrected chi connectivity index (χ0v) is 16.5. The molecule has 0 aliphatic carbocycles. The summed E-state index contributed by atoms with van der Waals surface area (Å²) in [6, 6.07) is 16.4. The largest absolute Gasteiger partial charge is 0.322 e. The van der Waals surface area contributed by atoms with Gasteiger partial charge in [-0.25, -0.2) is 4.90 Å². The first-order chi connectivity index (χ1) is 14.1. The predicted octanol–water partition coefficient (Wildman–Crippen LogP) is 1.67. The Labute approximate surface area is 170 Å². The second-order valence-corrected chi connectivity index (χ2v) is 8.37. The molecule has 0 bridgehead atoms. The molecule has 2 aromatic carbocycles. The van der Waals surface area contributed by atoms with Gasteiger partial charge < -0.3 is 4.90 Å². The van der Waals surface area contributed by atoms with E-state index in [1.807, 2.05) is 54.6 Å². The van der Waals surface area contributed by atoms with Gasteiger partial charge >= 0.3 is 0 Å². The van der Waals surface area contributed by atoms with Crippen LogP contribution in [0.15, 0.2) is 54.6 Å². The maximum Gasteiger partial charge on any atom is 0.244 e. The molecule has 1 unspecified atom stereocenters. The summed E-state index contributed by atoms with van der Waals surface area (Å²) in [6.07, 6.45) is 2.80. The van der Waals surface area contributed by atoms with Gasteiger partial charge in [-0.05, 0) is 24.1 Å². The average Bonchev–Trinajstić information content (AvgIpc) is 3.40. The van der Waals surface area contributed by atoms with Crippen LogP contribution in [0, 0.1) is 11.8 Å². The van der Waals surface area contributed by atoms with Crippen molar-refractivity contribution in [2.75, 3.05) is 11.4 Å². The number of anilines is 1. The topological polar surface area (TPSA) is 58.9 Å². The normalized spacial score (nSPS) is 30.5. The number of fused-ring (bicyclic) bond motifs is 3. The van der Waals surface area contributed by atoms with Gasteiger partial charge in [-0.3, -0.25) is 14.4 Å². The van der Waals surface area contributed by atoms with Crippen LogP contribution in [-0.2, 0) is 16.0 Å². The molecular weight excluding hydrogens is 364 g/mol. The Bertz CT molecular complexity index is 969. The van der Waals surface area contributed by atoms with Gasteiger partial charge in [0.2, 0.25) is 17.6 Å². The summed E-state index contributed by atoms with van der Waals surface area (Å²) in [6.45, 7) is 2.93. The summed E-state index contributed by atoms with van der Waals surface area (Å²) < 4.78 is 0. The van der Waals surface area contributed by atoms with Crippen molar-refractivity contribution in [1.82, 2.24) is 0 Å². The van der Waals surface area contributed by atoms with E-state index in [1.54, 1.807) is 0 Å². The molecule has 2 amide bonds. The minimum atomic E-state index is -0.554. The molecule has 0 saturated carbocycles. The van der Waals surface area contributed by atoms with Crippen LogP contribution in [0.3, 0.4) is 0 Å². The molecule has 29 heavy (non-hydrogen) atoms. The highest BCUT2D eigenvalue weighted by molar-refractivity contribution is 6.24. The van der Waals surface area contributed by atoms with Crippen LogP contribution in [0.2, 0.25) is 0 Å². The average molecular weight is 389 g/mol. The first-order valence-electron chi connectivity index (χ1n) is 10.5. The summed E-state index contributed by atoms with van der Waals surface area (Å²) in [5.74, 6) is -1.29. The molecule has 148 valence electrons. The van der Waals surface area contributed by atoms with Gasteiger partial charge in [0, 0.05) is 18.4 Å². The number of carbonyl (C=O) groups excluding carboxylic acids is 3. The molecule has 3 aliphatic heterocycles. The molecule has 5 heteroatoms. The standard InChI is InChI=1S/C24H24N2O3/c1-2-15-10-12-17(13-11-15)26-23(28)19-18-9-6-14-25(18)21(20(19)24(26)29)22(27)16-7-4-3-5-8-16/h3-5,7-8,10-13,18-21H,2,6,9,14H2,1H3/p+1/t18-,19+,20+,21-/m0/s1. The molecule has 5 rings (SSSR count). The Hall–Kier alpha value is -2.79. The highest BCUT2D eigenvalue weighted by Gasteiger charge is 2.68. The van der Waals surface area contributed by atoms with Crippen LogP contribution in [0.1, 0.15) is 35.7 Å². The van der Waals surface area contributed by atoms with Gasteiger partial charge in [0.25, 0.3) is 0 Å². The van der Waals surface area contributed by atoms with Crippen molar-refractivity contribution in [2.24, 2.45) is 11.8 Å². The van der Waals surface area contributed by atoms with Crippen LogP contribution < -0.4 is 9.80 Å². The van der Waals surface area contributed by atoms with Crippen molar-refractivity contribution in [1.29, 1.82) is 0 Å². The first-order valence-corrected chi connectivity index (χ1v) is 10.5. The maximum atomic E-state index is 13.5. The third-order valence-corrected chi connectivity index (χ3v) is 6.99. The first kappa shape index (κ1) is 18.3. The van der Waals surface area contributed by atoms with E-state index in [-0.39, 0.29) is 29.6 Å². The highest BCUT2D eigenvalue weighted by Crippen LogP contribution is 2.40. The fraction of sp³-hybridized carbons (Fsp3) is 0.375. The maximum absolute atomic E-state index is 13.5. The molecule has 3 saturated heterocycles. The second-order valence-electron chi connectivity index (χ2n) is 8.37. The van der Waals surface area contributed by atoms with E-state index in [0.717, 1.165) is 36.3 Å². The zero-order valence-electron chi connectivity index (χ0n) is 16.5. The Morgan fingerprint density at radius 3 is 2.38 bits per heavy atom. The molecule has 3 fully saturated rings. The van der Waals surface area contributed by atoms with Crippen LogP contribution in [0.25, 0.3) is 0 Å². The van der Waals surface area contributed by atoms with Crippen molar-refractivity contribution in [3.8, 4) is 0 Å². The quantitative estimate of drug-likeness (QED) is 0.639. The number of nitrogens with one attached hydrogen (secondary N) is 1. The van der Waals surface area contributed by atoms with Gasteiger partial charge in [0.05, 0.1) is 12.2 Å². The number of rotatable bonds is 4. The SMILES string of the molecule is CCc1ccc(N2C(=O)[C@@H]3[C@H](C2=O)[C@@H]2CCC[NH+]2[C@@H]3C(=O)c2ccccc2)cc1. The van der Waals surface area contributed by atoms with Crippen LogP contribution in [0.5, 0.6) is 0 Å². The lowest BCUT2D eigenvalue weighted by molar-refractivity contribution is -0.915. The van der Waals surface area contributed by atoms with Crippen LogP contribution >= 0.6 is 0 Å². The van der Waals surface area contributed by atoms with E-state index in [0.29, 0.717) is 11.3 Å². The molecular formula is C24H25N2O3+. The van der Waals surface area contributed by atoms with Gasteiger partial charge in [-0.15, -0.1) is 0 Å². The number of imide groups is 1. The third kappa shape index (κ3) is 2.68. The highest BCUT2D eigenvalue weighted by atomic mass is 16.2. The summed E-state index contributed by atoms with van der Waals surface area (Å²) in [7, 11) is 0. The van der Waals surface area contributed by atoms with Crippen molar-refractivity contribution in [3.63, 3.8) is 0 Å². The van der Waals surface area contributed by atoms with E-state index in [2.05, 4.69) is 6.92 Å². The lowest BCUT2D eigenvalue weighted by atomic mass is 9.85. The van der Waals surface area contributed by atoms with Gasteiger partial charge in [0.1, 0.15) is 17.9 Å². The summed E-state index contributed by atoms with van der Waals surface area (Å²) >= 11 is 0. The molecule has 1 N–H and O–H groups in total. The van der Waals surface area contributed by atoms with E-state index in [1.165, 1.54) is 4.90 Å². The summed E-state index contributed by atoms with van der Waals surface area (Å²) in [5, 5.41) is 0. The number of Topliss-reactive ketones (excluding diaryl/α,β-unsaturated/α-hetero) is 1. The van der Waals surface area contributed by atoms with Crippen LogP contribution in [0.4, 0.5) is 5.69 Å². The van der Waals surface area contributed by atoms with E-state index in [9.17, 15) is 14.4 Å². The Morgan fingerprint density at radius 2 is 1.69 bits per heavy atom. The Kier molecular flexibility index (Phi) is 4.36. The van der Waals surface area contributed by atoms with E-state index < -0.39 is 12.0 Å². The smallest absolute Gasteiger partial charge is 0.244 e. The third-order valence-electron chi connectivity index (χ3n) is 6.99. The molecule has 5 nitrogen and oxygen atoms in total. The molecule has 2 aromatic rings. The van der Waals surface area contributed by atoms with Crippen LogP contribution in [-0.4, -0.2) is 36.2 Å². The van der Waals surface area contributed by atoms with Crippen molar-refractivity contribution < 1.29 is 19.3 Å². The van der Waals surface area contributed by atoms with Gasteiger partial charge in [-0.2, -0.15) is 0 Å². The number of quaternary nitrogens is 1. The number of carbonyl (C=O) groups is 3. The number of amides is 2. The Balaban J connectivity index is 1.53. The lowest BCUT2D eigenvalue weighted by Crippen LogP contribution is -3.16. The minimum absolute atomic E-state index is 0.00988. The monoisotopic (exact) mass is 389 g/mol. The van der Waals surface area contributed by atoms with E-state index >= 15 is 0 Å². The minimum Gasteiger partial charge on any atom is -0.322 e. The Morgan fingerprint density at radius 1 is 1.00 bits per heavy atom. The van der Waals surface area contributed by atoms with Crippen molar-refractivity contribution in [3.05, 3.63) is 65.7 Å². The number of aryl methyl sites for hydroxylation is 1. The van der Waals surface area contributed by atoms with Crippen molar-refractivity contribution >= 4 is 23.3 Å². The van der Waals surface area contributed by atoms with Crippen molar-refractivity contribution in [2.45, 2.75) is 38.3 Å². The lowest BCUT2D eigenvalue weighted by Gasteiger charge is -2.25. The van der Waals surface area contributed by atoms with E-state index in [4.69, 9.17) is 0 Å². The molecule has 0 spiro atoms. The van der Waals surface area contributed by atoms with Gasteiger partial charge in [0.15, 0.2) is 6.04 Å². The summed E-state index contributed by atoms with van der Waals surface area (Å²) in [4.78, 5) is 42.7. The molecule has 0 aromatic heterocycles. The number of nitrogens with zero attached hydrogens (tertiary/aromatic N) is 1. The second kappa shape index (κ2) is 6.92. The number of hydrogen-bond donors (Lipinski definition) is 1. The number of ketones is 1. The fourth-order valence-corrected chi connectivity index (χ4v) is 5.66.